The fourth-order valence-corrected chi connectivity index (χ4v) is 4.64. The van der Waals surface area contributed by atoms with Crippen LogP contribution in [0.2, 0.25) is 0 Å². The molecule has 3 saturated heterocycles. The van der Waals surface area contributed by atoms with Crippen LogP contribution >= 0.6 is 0 Å². The van der Waals surface area contributed by atoms with Gasteiger partial charge in [0, 0.05) is 12.1 Å². The number of nitrogens with two attached hydrogens (primary N) is 1. The Kier molecular flexibility index (Phi) is 2.97. The zero-order chi connectivity index (χ0) is 11.1. The highest BCUT2D eigenvalue weighted by Crippen LogP contribution is 2.49. The van der Waals surface area contributed by atoms with Gasteiger partial charge in [-0.2, -0.15) is 0 Å². The van der Waals surface area contributed by atoms with Crippen LogP contribution in [0.3, 0.4) is 0 Å². The summed E-state index contributed by atoms with van der Waals surface area (Å²) < 4.78 is 0. The molecule has 3 heterocycles. The summed E-state index contributed by atoms with van der Waals surface area (Å²) in [5.74, 6) is 3.03. The number of piperidine rings is 3. The van der Waals surface area contributed by atoms with E-state index in [-0.39, 0.29) is 0 Å². The Balaban J connectivity index is 1.69. The molecule has 2 bridgehead atoms. The van der Waals surface area contributed by atoms with Crippen molar-refractivity contribution in [1.29, 1.82) is 0 Å². The molecule has 1 saturated carbocycles. The van der Waals surface area contributed by atoms with Crippen LogP contribution in [0, 0.1) is 17.8 Å². The molecule has 4 aliphatic rings. The second kappa shape index (κ2) is 4.30. The lowest BCUT2D eigenvalue weighted by atomic mass is 9.73. The Morgan fingerprint density at radius 3 is 2.62 bits per heavy atom. The minimum atomic E-state index is 0.449. The lowest BCUT2D eigenvalue weighted by molar-refractivity contribution is -0.0119. The number of hydrogen-bond donors (Lipinski definition) is 1. The molecular weight excluding hydrogens is 196 g/mol. The van der Waals surface area contributed by atoms with Gasteiger partial charge in [0.25, 0.3) is 0 Å². The van der Waals surface area contributed by atoms with Crippen molar-refractivity contribution in [3.63, 3.8) is 0 Å². The standard InChI is InChI=1S/C14H26N2/c1-2-12(15)9-11-3-4-13-10-5-7-16(8-6-10)14(11)13/h10-14H,2-9,15H2,1H3. The summed E-state index contributed by atoms with van der Waals surface area (Å²) in [4.78, 5) is 2.80. The first-order chi connectivity index (χ1) is 7.79. The van der Waals surface area contributed by atoms with Crippen molar-refractivity contribution in [2.45, 2.75) is 57.5 Å². The van der Waals surface area contributed by atoms with Crippen molar-refractivity contribution in [2.24, 2.45) is 23.5 Å². The molecule has 4 rings (SSSR count). The van der Waals surface area contributed by atoms with Gasteiger partial charge in [0.15, 0.2) is 0 Å². The van der Waals surface area contributed by atoms with E-state index in [0.717, 1.165) is 30.2 Å². The predicted molar refractivity (Wildman–Crippen MR) is 67.2 cm³/mol. The number of fused-ring (bicyclic) bond motifs is 2. The minimum Gasteiger partial charge on any atom is -0.328 e. The third-order valence-electron chi connectivity index (χ3n) is 5.52. The summed E-state index contributed by atoms with van der Waals surface area (Å²) >= 11 is 0. The van der Waals surface area contributed by atoms with Crippen LogP contribution in [0.1, 0.15) is 45.4 Å². The molecule has 4 atom stereocenters. The second-order valence-electron chi connectivity index (χ2n) is 6.27. The molecule has 2 nitrogen and oxygen atoms in total. The summed E-state index contributed by atoms with van der Waals surface area (Å²) in [6, 6.07) is 1.37. The monoisotopic (exact) mass is 222 g/mol. The molecule has 0 aromatic heterocycles. The van der Waals surface area contributed by atoms with E-state index in [1.54, 1.807) is 0 Å². The molecule has 0 spiro atoms. The molecule has 2 N–H and O–H groups in total. The number of nitrogens with zero attached hydrogens (tertiary/aromatic N) is 1. The maximum absolute atomic E-state index is 6.15. The van der Waals surface area contributed by atoms with Crippen LogP contribution in [0.15, 0.2) is 0 Å². The van der Waals surface area contributed by atoms with Gasteiger partial charge in [-0.25, -0.2) is 0 Å². The average Bonchev–Trinajstić information content (AvgIpc) is 2.77. The van der Waals surface area contributed by atoms with Gasteiger partial charge in [-0.15, -0.1) is 0 Å². The highest BCUT2D eigenvalue weighted by molar-refractivity contribution is 5.02. The molecule has 2 heteroatoms. The van der Waals surface area contributed by atoms with Crippen molar-refractivity contribution < 1.29 is 0 Å². The van der Waals surface area contributed by atoms with E-state index in [1.165, 1.54) is 45.2 Å². The van der Waals surface area contributed by atoms with E-state index in [1.807, 2.05) is 0 Å². The quantitative estimate of drug-likeness (QED) is 0.793. The van der Waals surface area contributed by atoms with Crippen LogP contribution in [-0.2, 0) is 0 Å². The molecule has 0 amide bonds. The van der Waals surface area contributed by atoms with Crippen LogP contribution in [0.25, 0.3) is 0 Å². The molecule has 4 fully saturated rings. The Hall–Kier alpha value is -0.0800. The van der Waals surface area contributed by atoms with E-state index in [2.05, 4.69) is 11.8 Å². The molecule has 92 valence electrons. The lowest BCUT2D eigenvalue weighted by Crippen LogP contribution is -2.55. The van der Waals surface area contributed by atoms with E-state index < -0.39 is 0 Å². The zero-order valence-corrected chi connectivity index (χ0v) is 10.6. The molecule has 0 aromatic rings. The summed E-state index contributed by atoms with van der Waals surface area (Å²) in [6.45, 7) is 4.98. The third-order valence-corrected chi connectivity index (χ3v) is 5.52. The lowest BCUT2D eigenvalue weighted by Gasteiger charge is -2.50. The van der Waals surface area contributed by atoms with Gasteiger partial charge in [0.2, 0.25) is 0 Å². The highest BCUT2D eigenvalue weighted by atomic mass is 15.2. The fourth-order valence-electron chi connectivity index (χ4n) is 4.64. The summed E-state index contributed by atoms with van der Waals surface area (Å²) in [7, 11) is 0. The first kappa shape index (κ1) is 11.0. The minimum absolute atomic E-state index is 0.449. The van der Waals surface area contributed by atoms with E-state index >= 15 is 0 Å². The summed E-state index contributed by atoms with van der Waals surface area (Å²) in [5.41, 5.74) is 6.15. The van der Waals surface area contributed by atoms with Crippen molar-refractivity contribution in [3.05, 3.63) is 0 Å². The summed E-state index contributed by atoms with van der Waals surface area (Å²) in [5, 5.41) is 0. The largest absolute Gasteiger partial charge is 0.328 e. The Labute approximate surface area is 99.6 Å². The molecule has 4 unspecified atom stereocenters. The van der Waals surface area contributed by atoms with Crippen LogP contribution in [0.5, 0.6) is 0 Å². The topological polar surface area (TPSA) is 29.3 Å². The Morgan fingerprint density at radius 2 is 1.94 bits per heavy atom. The normalized spacial score (nSPS) is 48.0. The molecule has 0 aromatic carbocycles. The van der Waals surface area contributed by atoms with Crippen molar-refractivity contribution >= 4 is 0 Å². The van der Waals surface area contributed by atoms with Gasteiger partial charge in [0.05, 0.1) is 0 Å². The van der Waals surface area contributed by atoms with E-state index in [4.69, 9.17) is 5.73 Å². The molecule has 1 aliphatic carbocycles. The van der Waals surface area contributed by atoms with Gasteiger partial charge in [-0.05, 0) is 69.4 Å². The first-order valence-electron chi connectivity index (χ1n) is 7.29. The van der Waals surface area contributed by atoms with E-state index in [9.17, 15) is 0 Å². The van der Waals surface area contributed by atoms with E-state index in [0.29, 0.717) is 6.04 Å². The average molecular weight is 222 g/mol. The molecule has 3 aliphatic heterocycles. The predicted octanol–water partition coefficient (Wildman–Crippen LogP) is 2.23. The molecule has 16 heavy (non-hydrogen) atoms. The zero-order valence-electron chi connectivity index (χ0n) is 10.6. The van der Waals surface area contributed by atoms with Crippen LogP contribution in [-0.4, -0.2) is 30.1 Å². The smallest absolute Gasteiger partial charge is 0.0155 e. The second-order valence-corrected chi connectivity index (χ2v) is 6.27. The van der Waals surface area contributed by atoms with Crippen LogP contribution in [0.4, 0.5) is 0 Å². The van der Waals surface area contributed by atoms with Crippen molar-refractivity contribution in [3.8, 4) is 0 Å². The highest BCUT2D eigenvalue weighted by Gasteiger charge is 2.48. The van der Waals surface area contributed by atoms with Crippen molar-refractivity contribution in [2.75, 3.05) is 13.1 Å². The van der Waals surface area contributed by atoms with Gasteiger partial charge in [0.1, 0.15) is 0 Å². The van der Waals surface area contributed by atoms with Gasteiger partial charge in [-0.1, -0.05) is 6.92 Å². The van der Waals surface area contributed by atoms with Gasteiger partial charge in [-0.3, -0.25) is 4.90 Å². The maximum atomic E-state index is 6.15. The SMILES string of the molecule is CCC(N)CC1CCC2C3CCN(CC3)C12. The molecular formula is C14H26N2. The van der Waals surface area contributed by atoms with Crippen LogP contribution < -0.4 is 5.73 Å². The third kappa shape index (κ3) is 1.70. The summed E-state index contributed by atoms with van der Waals surface area (Å²) in [6.07, 6.45) is 8.34. The maximum Gasteiger partial charge on any atom is 0.0155 e. The number of hydrogen-bond acceptors (Lipinski definition) is 2. The number of rotatable bonds is 3. The fraction of sp³-hybridized carbons (Fsp3) is 1.00. The van der Waals surface area contributed by atoms with Gasteiger partial charge >= 0.3 is 0 Å². The molecule has 0 radical (unpaired) electrons. The van der Waals surface area contributed by atoms with Crippen molar-refractivity contribution in [1.82, 2.24) is 4.90 Å². The first-order valence-corrected chi connectivity index (χ1v) is 7.29. The Bertz CT molecular complexity index is 245. The van der Waals surface area contributed by atoms with Gasteiger partial charge < -0.3 is 5.73 Å². The Morgan fingerprint density at radius 1 is 1.19 bits per heavy atom.